The zero-order chi connectivity index (χ0) is 20.3. The topological polar surface area (TPSA) is 49.4 Å². The number of amides is 2. The average Bonchev–Trinajstić information content (AvgIpc) is 3.06. The Morgan fingerprint density at radius 2 is 1.89 bits per heavy atom. The van der Waals surface area contributed by atoms with E-state index in [-0.39, 0.29) is 11.8 Å². The fraction of sp³-hybridized carbons (Fsp3) is 0.333. The van der Waals surface area contributed by atoms with Crippen LogP contribution < -0.4 is 5.32 Å². The summed E-state index contributed by atoms with van der Waals surface area (Å²) in [5.74, 6) is -0.231. The van der Waals surface area contributed by atoms with Crippen LogP contribution in [0.25, 0.3) is 0 Å². The lowest BCUT2D eigenvalue weighted by atomic mass is 10.0. The summed E-state index contributed by atoms with van der Waals surface area (Å²) in [6.45, 7) is 2.90. The number of carbonyl (C=O) groups is 2. The molecule has 1 saturated heterocycles. The fourth-order valence-electron chi connectivity index (χ4n) is 3.20. The molecule has 2 amide bonds. The quantitative estimate of drug-likeness (QED) is 0.827. The standard InChI is InChI=1S/C21H21F3N2O2/c1-14(17-4-2-5-18(12-17)21(22,23)24)25-20(28)16-9-7-15(8-10-16)13-26-11-3-6-19(26)27/h2,4-5,7-10,12,14H,3,6,11,13H2,1H3,(H,25,28)/t14-/m0/s1. The second-order valence-electron chi connectivity index (χ2n) is 6.93. The van der Waals surface area contributed by atoms with Gasteiger partial charge in [0.2, 0.25) is 5.91 Å². The average molecular weight is 390 g/mol. The lowest BCUT2D eigenvalue weighted by Gasteiger charge is -2.17. The fourth-order valence-corrected chi connectivity index (χ4v) is 3.20. The molecule has 0 saturated carbocycles. The molecule has 2 aromatic rings. The summed E-state index contributed by atoms with van der Waals surface area (Å²) in [7, 11) is 0. The Hall–Kier alpha value is -2.83. The molecule has 0 unspecified atom stereocenters. The number of halogens is 3. The highest BCUT2D eigenvalue weighted by Gasteiger charge is 2.30. The van der Waals surface area contributed by atoms with Gasteiger partial charge in [0.25, 0.3) is 5.91 Å². The van der Waals surface area contributed by atoms with Gasteiger partial charge in [-0.15, -0.1) is 0 Å². The molecule has 0 aromatic heterocycles. The number of nitrogens with one attached hydrogen (secondary N) is 1. The van der Waals surface area contributed by atoms with Crippen LogP contribution >= 0.6 is 0 Å². The van der Waals surface area contributed by atoms with Crippen molar-refractivity contribution >= 4 is 11.8 Å². The van der Waals surface area contributed by atoms with Gasteiger partial charge in [-0.3, -0.25) is 9.59 Å². The maximum Gasteiger partial charge on any atom is 0.416 e. The van der Waals surface area contributed by atoms with E-state index in [4.69, 9.17) is 0 Å². The van der Waals surface area contributed by atoms with E-state index in [1.165, 1.54) is 6.07 Å². The molecule has 1 N–H and O–H groups in total. The van der Waals surface area contributed by atoms with Gasteiger partial charge in [0.1, 0.15) is 0 Å². The van der Waals surface area contributed by atoms with Gasteiger partial charge < -0.3 is 10.2 Å². The number of likely N-dealkylation sites (tertiary alicyclic amines) is 1. The second-order valence-corrected chi connectivity index (χ2v) is 6.93. The van der Waals surface area contributed by atoms with E-state index in [1.54, 1.807) is 42.2 Å². The van der Waals surface area contributed by atoms with E-state index < -0.39 is 17.8 Å². The SMILES string of the molecule is C[C@H](NC(=O)c1ccc(CN2CCCC2=O)cc1)c1cccc(C(F)(F)F)c1. The van der Waals surface area contributed by atoms with E-state index in [9.17, 15) is 22.8 Å². The molecule has 0 radical (unpaired) electrons. The molecule has 28 heavy (non-hydrogen) atoms. The van der Waals surface area contributed by atoms with Crippen molar-refractivity contribution in [3.05, 3.63) is 70.8 Å². The van der Waals surface area contributed by atoms with Crippen LogP contribution in [0.5, 0.6) is 0 Å². The molecular weight excluding hydrogens is 369 g/mol. The Kier molecular flexibility index (Phi) is 5.72. The number of carbonyl (C=O) groups excluding carboxylic acids is 2. The number of hydrogen-bond acceptors (Lipinski definition) is 2. The van der Waals surface area contributed by atoms with Crippen molar-refractivity contribution in [2.45, 2.75) is 38.5 Å². The second kappa shape index (κ2) is 8.04. The molecule has 1 aliphatic heterocycles. The first kappa shape index (κ1) is 19.9. The van der Waals surface area contributed by atoms with Gasteiger partial charge in [0, 0.05) is 25.1 Å². The Labute approximate surface area is 161 Å². The van der Waals surface area contributed by atoms with Gasteiger partial charge in [-0.05, 0) is 48.7 Å². The molecule has 0 bridgehead atoms. The smallest absolute Gasteiger partial charge is 0.346 e. The highest BCUT2D eigenvalue weighted by atomic mass is 19.4. The minimum atomic E-state index is -4.42. The third-order valence-corrected chi connectivity index (χ3v) is 4.82. The van der Waals surface area contributed by atoms with Crippen molar-refractivity contribution in [1.82, 2.24) is 10.2 Å². The van der Waals surface area contributed by atoms with Gasteiger partial charge in [-0.25, -0.2) is 0 Å². The van der Waals surface area contributed by atoms with Crippen molar-refractivity contribution < 1.29 is 22.8 Å². The first-order valence-electron chi connectivity index (χ1n) is 9.09. The van der Waals surface area contributed by atoms with Gasteiger partial charge in [-0.2, -0.15) is 13.2 Å². The molecule has 2 aromatic carbocycles. The van der Waals surface area contributed by atoms with Crippen molar-refractivity contribution in [2.75, 3.05) is 6.54 Å². The number of hydrogen-bond donors (Lipinski definition) is 1. The third kappa shape index (κ3) is 4.71. The van der Waals surface area contributed by atoms with Crippen LogP contribution in [0.4, 0.5) is 13.2 Å². The molecule has 3 rings (SSSR count). The van der Waals surface area contributed by atoms with Gasteiger partial charge in [0.15, 0.2) is 0 Å². The van der Waals surface area contributed by atoms with Crippen molar-refractivity contribution in [3.8, 4) is 0 Å². The van der Waals surface area contributed by atoms with Crippen LogP contribution in [0.3, 0.4) is 0 Å². The van der Waals surface area contributed by atoms with Crippen molar-refractivity contribution in [2.24, 2.45) is 0 Å². The summed E-state index contributed by atoms with van der Waals surface area (Å²) < 4.78 is 38.6. The zero-order valence-electron chi connectivity index (χ0n) is 15.4. The van der Waals surface area contributed by atoms with Gasteiger partial charge >= 0.3 is 6.18 Å². The van der Waals surface area contributed by atoms with E-state index in [0.717, 1.165) is 30.7 Å². The maximum absolute atomic E-state index is 12.9. The minimum absolute atomic E-state index is 0.136. The van der Waals surface area contributed by atoms with E-state index in [2.05, 4.69) is 5.32 Å². The molecule has 0 aliphatic carbocycles. The predicted molar refractivity (Wildman–Crippen MR) is 98.4 cm³/mol. The molecule has 4 nitrogen and oxygen atoms in total. The lowest BCUT2D eigenvalue weighted by Crippen LogP contribution is -2.27. The van der Waals surface area contributed by atoms with Crippen LogP contribution in [0, 0.1) is 0 Å². The lowest BCUT2D eigenvalue weighted by molar-refractivity contribution is -0.137. The highest BCUT2D eigenvalue weighted by Crippen LogP contribution is 2.30. The molecule has 1 aliphatic rings. The normalized spacial score (nSPS) is 15.6. The van der Waals surface area contributed by atoms with E-state index in [0.29, 0.717) is 24.1 Å². The first-order chi connectivity index (χ1) is 13.2. The number of benzene rings is 2. The number of rotatable bonds is 5. The van der Waals surface area contributed by atoms with Crippen LogP contribution in [0.1, 0.15) is 52.9 Å². The first-order valence-corrected chi connectivity index (χ1v) is 9.09. The summed E-state index contributed by atoms with van der Waals surface area (Å²) in [5, 5.41) is 2.72. The predicted octanol–water partition coefficient (Wildman–Crippen LogP) is 4.32. The summed E-state index contributed by atoms with van der Waals surface area (Å²) in [4.78, 5) is 25.9. The highest BCUT2D eigenvalue weighted by molar-refractivity contribution is 5.94. The Balaban J connectivity index is 1.63. The largest absolute Gasteiger partial charge is 0.416 e. The summed E-state index contributed by atoms with van der Waals surface area (Å²) in [6, 6.07) is 11.2. The molecule has 1 heterocycles. The molecule has 1 atom stereocenters. The molecule has 1 fully saturated rings. The van der Waals surface area contributed by atoms with Crippen molar-refractivity contribution in [3.63, 3.8) is 0 Å². The van der Waals surface area contributed by atoms with Gasteiger partial charge in [-0.1, -0.05) is 24.3 Å². The van der Waals surface area contributed by atoms with E-state index in [1.807, 2.05) is 0 Å². The Bertz CT molecular complexity index is 863. The van der Waals surface area contributed by atoms with Crippen LogP contribution in [-0.2, 0) is 17.5 Å². The molecule has 0 spiro atoms. The number of nitrogens with zero attached hydrogens (tertiary/aromatic N) is 1. The third-order valence-electron chi connectivity index (χ3n) is 4.82. The molecular formula is C21H21F3N2O2. The van der Waals surface area contributed by atoms with E-state index >= 15 is 0 Å². The van der Waals surface area contributed by atoms with Gasteiger partial charge in [0.05, 0.1) is 11.6 Å². The van der Waals surface area contributed by atoms with Crippen LogP contribution in [0.2, 0.25) is 0 Å². The van der Waals surface area contributed by atoms with Crippen LogP contribution in [0.15, 0.2) is 48.5 Å². The Morgan fingerprint density at radius 3 is 2.50 bits per heavy atom. The summed E-state index contributed by atoms with van der Waals surface area (Å²) in [5.41, 5.74) is 0.979. The maximum atomic E-state index is 12.9. The molecule has 7 heteroatoms. The zero-order valence-corrected chi connectivity index (χ0v) is 15.4. The minimum Gasteiger partial charge on any atom is -0.346 e. The summed E-state index contributed by atoms with van der Waals surface area (Å²) in [6.07, 6.45) is -2.98. The summed E-state index contributed by atoms with van der Waals surface area (Å²) >= 11 is 0. The Morgan fingerprint density at radius 1 is 1.18 bits per heavy atom. The van der Waals surface area contributed by atoms with Crippen LogP contribution in [-0.4, -0.2) is 23.3 Å². The monoisotopic (exact) mass is 390 g/mol. The molecule has 148 valence electrons. The number of alkyl halides is 3. The van der Waals surface area contributed by atoms with Crippen molar-refractivity contribution in [1.29, 1.82) is 0 Å².